The summed E-state index contributed by atoms with van der Waals surface area (Å²) >= 11 is 0. The smallest absolute Gasteiger partial charge is 0.145 e. The molecule has 11 rings (SSSR count). The van der Waals surface area contributed by atoms with Gasteiger partial charge in [-0.05, 0) is 84.9 Å². The lowest BCUT2D eigenvalue weighted by atomic mass is 10.1. The lowest BCUT2D eigenvalue weighted by Gasteiger charge is -2.25. The first-order valence-corrected chi connectivity index (χ1v) is 18.5. The predicted molar refractivity (Wildman–Crippen MR) is 227 cm³/mol. The molecule has 11 aromatic rings. The number of benzene rings is 8. The Morgan fingerprint density at radius 3 is 1.52 bits per heavy atom. The van der Waals surface area contributed by atoms with Gasteiger partial charge < -0.3 is 18.5 Å². The van der Waals surface area contributed by atoms with Gasteiger partial charge in [0.1, 0.15) is 23.3 Å². The fourth-order valence-electron chi connectivity index (χ4n) is 8.58. The molecule has 0 radical (unpaired) electrons. The van der Waals surface area contributed by atoms with Crippen LogP contribution in [-0.2, 0) is 0 Å². The van der Waals surface area contributed by atoms with Crippen LogP contribution in [0.25, 0.3) is 76.9 Å². The summed E-state index contributed by atoms with van der Waals surface area (Å²) in [5.74, 6) is 0. The highest BCUT2D eigenvalue weighted by Gasteiger charge is 2.25. The first-order valence-electron chi connectivity index (χ1n) is 18.5. The molecular weight excluding hydrogens is 687 g/mol. The van der Waals surface area contributed by atoms with Gasteiger partial charge in [-0.1, -0.05) is 91.0 Å². The minimum Gasteiger partial charge on any atom is -0.455 e. The summed E-state index contributed by atoms with van der Waals surface area (Å²) in [6, 6.07) is 64.8. The van der Waals surface area contributed by atoms with Crippen molar-refractivity contribution in [2.24, 2.45) is 0 Å². The van der Waals surface area contributed by atoms with Gasteiger partial charge >= 0.3 is 0 Å². The van der Waals surface area contributed by atoms with E-state index in [1.165, 1.54) is 0 Å². The van der Waals surface area contributed by atoms with Crippen LogP contribution in [0.15, 0.2) is 180 Å². The van der Waals surface area contributed by atoms with Gasteiger partial charge in [-0.2, -0.15) is 10.5 Å². The Bertz CT molecular complexity index is 3360. The molecule has 8 aromatic carbocycles. The van der Waals surface area contributed by atoms with Gasteiger partial charge in [0.05, 0.1) is 50.0 Å². The van der Waals surface area contributed by atoms with Crippen molar-refractivity contribution in [1.82, 2.24) is 9.13 Å². The molecule has 0 spiro atoms. The molecule has 0 saturated heterocycles. The van der Waals surface area contributed by atoms with Crippen LogP contribution in [-0.4, -0.2) is 9.13 Å². The maximum Gasteiger partial charge on any atom is 0.145 e. The van der Waals surface area contributed by atoms with E-state index in [-0.39, 0.29) is 0 Å². The zero-order valence-electron chi connectivity index (χ0n) is 29.9. The minimum atomic E-state index is 0.308. The number of aromatic nitrogens is 2. The number of fused-ring (bicyclic) bond motifs is 10. The average molecular weight is 716 g/mol. The lowest BCUT2D eigenvalue weighted by molar-refractivity contribution is 0.673. The summed E-state index contributed by atoms with van der Waals surface area (Å²) in [6.45, 7) is 0. The molecule has 0 aliphatic carbocycles. The molecule has 0 fully saturated rings. The average Bonchev–Trinajstić information content (AvgIpc) is 3.91. The molecule has 0 N–H and O–H groups in total. The fourth-order valence-corrected chi connectivity index (χ4v) is 8.58. The minimum absolute atomic E-state index is 0.308. The molecule has 0 saturated carbocycles. The van der Waals surface area contributed by atoms with E-state index in [0.29, 0.717) is 11.1 Å². The quantitative estimate of drug-likeness (QED) is 0.178. The Labute approximate surface area is 321 Å². The van der Waals surface area contributed by atoms with E-state index >= 15 is 0 Å². The molecule has 6 nitrogen and oxygen atoms in total. The number of nitriles is 2. The van der Waals surface area contributed by atoms with Crippen LogP contribution in [0.3, 0.4) is 0 Å². The van der Waals surface area contributed by atoms with Crippen molar-refractivity contribution in [3.63, 3.8) is 0 Å². The normalized spacial score (nSPS) is 11.5. The molecule has 0 amide bonds. The largest absolute Gasteiger partial charge is 0.455 e. The van der Waals surface area contributed by atoms with Crippen molar-refractivity contribution < 1.29 is 4.42 Å². The highest BCUT2D eigenvalue weighted by Crippen LogP contribution is 2.45. The fraction of sp³-hybridized carbons (Fsp3) is 0. The molecule has 0 atom stereocenters. The van der Waals surface area contributed by atoms with Gasteiger partial charge in [-0.25, -0.2) is 0 Å². The summed E-state index contributed by atoms with van der Waals surface area (Å²) in [7, 11) is 0. The summed E-state index contributed by atoms with van der Waals surface area (Å²) < 4.78 is 11.2. The van der Waals surface area contributed by atoms with Crippen LogP contribution in [0.5, 0.6) is 0 Å². The van der Waals surface area contributed by atoms with Crippen LogP contribution in [0.1, 0.15) is 11.1 Å². The SMILES string of the molecule is N#Cc1cc(-n2c3ccccc3c3ccccc32)c(-n2c3ccc(N(c4ccccc4)c4ccccc4)cc3c3c4oc5ccccc5c4ccc32)cc1C#N. The Morgan fingerprint density at radius 1 is 0.411 bits per heavy atom. The third-order valence-corrected chi connectivity index (χ3v) is 11.0. The third-order valence-electron chi connectivity index (χ3n) is 11.0. The second-order valence-corrected chi connectivity index (χ2v) is 14.0. The van der Waals surface area contributed by atoms with Crippen molar-refractivity contribution in [2.75, 3.05) is 4.90 Å². The molecule has 3 heterocycles. The van der Waals surface area contributed by atoms with E-state index in [1.807, 2.05) is 54.6 Å². The molecule has 0 bridgehead atoms. The summed E-state index contributed by atoms with van der Waals surface area (Å²) in [6.07, 6.45) is 0. The van der Waals surface area contributed by atoms with Crippen molar-refractivity contribution in [2.45, 2.75) is 0 Å². The zero-order valence-corrected chi connectivity index (χ0v) is 29.9. The van der Waals surface area contributed by atoms with Crippen LogP contribution in [0, 0.1) is 22.7 Å². The monoisotopic (exact) mass is 715 g/mol. The lowest BCUT2D eigenvalue weighted by Crippen LogP contribution is -2.09. The summed E-state index contributed by atoms with van der Waals surface area (Å²) in [5, 5.41) is 27.1. The maximum absolute atomic E-state index is 10.5. The number of anilines is 3. The summed E-state index contributed by atoms with van der Waals surface area (Å²) in [5.41, 5.74) is 10.7. The van der Waals surface area contributed by atoms with E-state index in [2.05, 4.69) is 147 Å². The number of furan rings is 1. The van der Waals surface area contributed by atoms with E-state index < -0.39 is 0 Å². The summed E-state index contributed by atoms with van der Waals surface area (Å²) in [4.78, 5) is 2.26. The van der Waals surface area contributed by atoms with Gasteiger partial charge in [-0.15, -0.1) is 0 Å². The third kappa shape index (κ3) is 4.54. The molecule has 56 heavy (non-hydrogen) atoms. The Balaban J connectivity index is 1.30. The maximum atomic E-state index is 10.5. The number of rotatable bonds is 5. The van der Waals surface area contributed by atoms with Crippen molar-refractivity contribution >= 4 is 82.6 Å². The topological polar surface area (TPSA) is 73.8 Å². The van der Waals surface area contributed by atoms with E-state index in [9.17, 15) is 10.5 Å². The van der Waals surface area contributed by atoms with Gasteiger partial charge in [0.15, 0.2) is 0 Å². The first kappa shape index (κ1) is 31.5. The van der Waals surface area contributed by atoms with Crippen molar-refractivity contribution in [3.05, 3.63) is 187 Å². The van der Waals surface area contributed by atoms with Crippen LogP contribution < -0.4 is 4.90 Å². The van der Waals surface area contributed by atoms with Crippen LogP contribution in [0.2, 0.25) is 0 Å². The highest BCUT2D eigenvalue weighted by atomic mass is 16.3. The molecule has 6 heteroatoms. The Kier molecular flexibility index (Phi) is 6.88. The molecule has 0 aliphatic heterocycles. The second-order valence-electron chi connectivity index (χ2n) is 14.0. The molecule has 0 aliphatic rings. The van der Waals surface area contributed by atoms with Crippen LogP contribution in [0.4, 0.5) is 17.1 Å². The first-order chi connectivity index (χ1) is 27.7. The van der Waals surface area contributed by atoms with Gasteiger partial charge in [0, 0.05) is 44.0 Å². The highest BCUT2D eigenvalue weighted by molar-refractivity contribution is 6.24. The standard InChI is InChI=1S/C50H29N5O/c51-30-32-27-46(54-42-20-10-7-17-37(42)38-18-8-11-21-43(38)54)47(28-33(32)31-52)55-44-25-23-36(53(34-13-3-1-4-14-34)35-15-5-2-6-16-35)29-41(44)49-45(55)26-24-40-39-19-9-12-22-48(39)56-50(40)49/h1-29H. The van der Waals surface area contributed by atoms with E-state index in [0.717, 1.165) is 94.0 Å². The van der Waals surface area contributed by atoms with E-state index in [4.69, 9.17) is 4.42 Å². The number of hydrogen-bond donors (Lipinski definition) is 0. The van der Waals surface area contributed by atoms with E-state index in [1.54, 1.807) is 0 Å². The van der Waals surface area contributed by atoms with Gasteiger partial charge in [-0.3, -0.25) is 0 Å². The molecule has 3 aromatic heterocycles. The second kappa shape index (κ2) is 12.2. The Hall–Kier alpha value is -8.06. The molecule has 0 unspecified atom stereocenters. The van der Waals surface area contributed by atoms with Gasteiger partial charge in [0.2, 0.25) is 0 Å². The number of para-hydroxylation sites is 5. The zero-order chi connectivity index (χ0) is 37.3. The Morgan fingerprint density at radius 2 is 0.911 bits per heavy atom. The van der Waals surface area contributed by atoms with Crippen LogP contribution >= 0.6 is 0 Å². The van der Waals surface area contributed by atoms with Gasteiger partial charge in [0.25, 0.3) is 0 Å². The van der Waals surface area contributed by atoms with Crippen molar-refractivity contribution in [3.8, 4) is 23.5 Å². The molecular formula is C50H29N5O. The predicted octanol–water partition coefficient (Wildman–Crippen LogP) is 13.0. The number of hydrogen-bond acceptors (Lipinski definition) is 4. The molecule has 260 valence electrons. The van der Waals surface area contributed by atoms with Crippen molar-refractivity contribution in [1.29, 1.82) is 10.5 Å². The number of nitrogens with zero attached hydrogens (tertiary/aromatic N) is 5.